The summed E-state index contributed by atoms with van der Waals surface area (Å²) in [6, 6.07) is 13.1. The predicted octanol–water partition coefficient (Wildman–Crippen LogP) is 3.55. The third kappa shape index (κ3) is 4.41. The molecule has 0 fully saturated rings. The van der Waals surface area contributed by atoms with Gasteiger partial charge in [0.1, 0.15) is 5.52 Å². The van der Waals surface area contributed by atoms with Gasteiger partial charge in [0.15, 0.2) is 5.58 Å². The van der Waals surface area contributed by atoms with Crippen LogP contribution in [0.3, 0.4) is 0 Å². The summed E-state index contributed by atoms with van der Waals surface area (Å²) in [5.41, 5.74) is 4.24. The summed E-state index contributed by atoms with van der Waals surface area (Å²) in [6.45, 7) is 3.88. The minimum absolute atomic E-state index is 0.0515. The van der Waals surface area contributed by atoms with Crippen molar-refractivity contribution < 1.29 is 14.0 Å². The van der Waals surface area contributed by atoms with Crippen LogP contribution in [0.1, 0.15) is 17.0 Å². The number of oxazole rings is 1. The van der Waals surface area contributed by atoms with Crippen LogP contribution in [0, 0.1) is 13.8 Å². The van der Waals surface area contributed by atoms with E-state index in [4.69, 9.17) is 4.42 Å². The molecule has 6 nitrogen and oxygen atoms in total. The molecule has 2 aromatic carbocycles. The highest BCUT2D eigenvalue weighted by molar-refractivity contribution is 5.98. The number of para-hydroxylation sites is 2. The zero-order valence-electron chi connectivity index (χ0n) is 15.5. The summed E-state index contributed by atoms with van der Waals surface area (Å²) in [5, 5.41) is 2.84. The van der Waals surface area contributed by atoms with Crippen molar-refractivity contribution in [1.82, 2.24) is 9.88 Å². The molecule has 1 aromatic heterocycles. The number of nitrogens with one attached hydrogen (secondary N) is 1. The van der Waals surface area contributed by atoms with Crippen LogP contribution < -0.4 is 5.32 Å². The molecule has 0 atom stereocenters. The quantitative estimate of drug-likeness (QED) is 0.704. The number of aromatic nitrogens is 1. The molecule has 0 aliphatic carbocycles. The lowest BCUT2D eigenvalue weighted by atomic mass is 10.1. The number of anilines is 1. The molecular formula is C21H21N3O3. The van der Waals surface area contributed by atoms with Crippen LogP contribution in [0.15, 0.2) is 53.0 Å². The lowest BCUT2D eigenvalue weighted by molar-refractivity contribution is -0.129. The summed E-state index contributed by atoms with van der Waals surface area (Å²) in [7, 11) is 1.57. The van der Waals surface area contributed by atoms with E-state index >= 15 is 0 Å². The minimum atomic E-state index is -0.312. The topological polar surface area (TPSA) is 75.4 Å². The van der Waals surface area contributed by atoms with E-state index in [0.717, 1.165) is 22.3 Å². The Kier molecular flexibility index (Phi) is 5.35. The number of rotatable bonds is 5. The van der Waals surface area contributed by atoms with Crippen LogP contribution in [0.5, 0.6) is 0 Å². The first-order valence-electron chi connectivity index (χ1n) is 8.59. The van der Waals surface area contributed by atoms with Gasteiger partial charge < -0.3 is 14.6 Å². The molecule has 0 aliphatic heterocycles. The molecule has 0 spiro atoms. The Hall–Kier alpha value is -3.41. The van der Waals surface area contributed by atoms with E-state index in [1.54, 1.807) is 7.05 Å². The molecule has 0 saturated heterocycles. The molecule has 0 unspecified atom stereocenters. The number of amides is 2. The van der Waals surface area contributed by atoms with Crippen LogP contribution in [0.4, 0.5) is 5.69 Å². The van der Waals surface area contributed by atoms with E-state index in [9.17, 15) is 9.59 Å². The highest BCUT2D eigenvalue weighted by Crippen LogP contribution is 2.18. The highest BCUT2D eigenvalue weighted by atomic mass is 16.3. The Morgan fingerprint density at radius 2 is 1.93 bits per heavy atom. The van der Waals surface area contributed by atoms with Gasteiger partial charge in [-0.2, -0.15) is 0 Å². The van der Waals surface area contributed by atoms with Crippen molar-refractivity contribution in [3.05, 3.63) is 65.6 Å². The number of hydrogen-bond acceptors (Lipinski definition) is 4. The standard InChI is InChI=1S/C21H21N3O3/c1-14-7-6-9-16(15(14)2)22-19(25)13-24(3)21(26)12-11-20-23-17-8-4-5-10-18(17)27-20/h4-12H,13H2,1-3H3,(H,22,25)/b12-11+. The predicted molar refractivity (Wildman–Crippen MR) is 105 cm³/mol. The Labute approximate surface area is 157 Å². The third-order valence-electron chi connectivity index (χ3n) is 4.31. The number of carbonyl (C=O) groups is 2. The first-order valence-corrected chi connectivity index (χ1v) is 8.59. The van der Waals surface area contributed by atoms with Crippen LogP contribution in [0.2, 0.25) is 0 Å². The van der Waals surface area contributed by atoms with Crippen LogP contribution in [0.25, 0.3) is 17.2 Å². The third-order valence-corrected chi connectivity index (χ3v) is 4.31. The average Bonchev–Trinajstić information content (AvgIpc) is 3.06. The molecule has 0 saturated carbocycles. The minimum Gasteiger partial charge on any atom is -0.437 e. The molecule has 0 bridgehead atoms. The molecule has 0 aliphatic rings. The molecule has 138 valence electrons. The number of likely N-dealkylation sites (N-methyl/N-ethyl adjacent to an activating group) is 1. The van der Waals surface area contributed by atoms with Gasteiger partial charge >= 0.3 is 0 Å². The van der Waals surface area contributed by atoms with Gasteiger partial charge in [-0.1, -0.05) is 24.3 Å². The Balaban J connectivity index is 1.59. The molecular weight excluding hydrogens is 342 g/mol. The Morgan fingerprint density at radius 3 is 2.70 bits per heavy atom. The molecule has 1 N–H and O–H groups in total. The number of hydrogen-bond donors (Lipinski definition) is 1. The number of fused-ring (bicyclic) bond motifs is 1. The van der Waals surface area contributed by atoms with E-state index in [1.165, 1.54) is 17.1 Å². The Bertz CT molecular complexity index is 987. The van der Waals surface area contributed by atoms with Crippen molar-refractivity contribution in [3.63, 3.8) is 0 Å². The summed E-state index contributed by atoms with van der Waals surface area (Å²) in [5.74, 6) is -0.221. The maximum Gasteiger partial charge on any atom is 0.246 e. The molecule has 3 aromatic rings. The average molecular weight is 363 g/mol. The van der Waals surface area contributed by atoms with Gasteiger partial charge in [-0.15, -0.1) is 0 Å². The van der Waals surface area contributed by atoms with Gasteiger partial charge in [0, 0.05) is 24.9 Å². The van der Waals surface area contributed by atoms with Crippen LogP contribution in [-0.2, 0) is 9.59 Å². The fraction of sp³-hybridized carbons (Fsp3) is 0.190. The van der Waals surface area contributed by atoms with Crippen molar-refractivity contribution in [1.29, 1.82) is 0 Å². The summed E-state index contributed by atoms with van der Waals surface area (Å²) >= 11 is 0. The van der Waals surface area contributed by atoms with Crippen LogP contribution in [-0.4, -0.2) is 35.3 Å². The maximum atomic E-state index is 12.2. The number of nitrogens with zero attached hydrogens (tertiary/aromatic N) is 2. The zero-order chi connectivity index (χ0) is 19.4. The lowest BCUT2D eigenvalue weighted by Gasteiger charge is -2.16. The summed E-state index contributed by atoms with van der Waals surface area (Å²) in [6.07, 6.45) is 2.84. The maximum absolute atomic E-state index is 12.2. The molecule has 3 rings (SSSR count). The second-order valence-corrected chi connectivity index (χ2v) is 6.34. The van der Waals surface area contributed by atoms with Gasteiger partial charge in [-0.25, -0.2) is 4.98 Å². The second-order valence-electron chi connectivity index (χ2n) is 6.34. The van der Waals surface area contributed by atoms with Gasteiger partial charge in [0.05, 0.1) is 6.54 Å². The second kappa shape index (κ2) is 7.86. The molecule has 2 amide bonds. The van der Waals surface area contributed by atoms with Crippen molar-refractivity contribution in [2.45, 2.75) is 13.8 Å². The highest BCUT2D eigenvalue weighted by Gasteiger charge is 2.12. The van der Waals surface area contributed by atoms with Gasteiger partial charge in [0.25, 0.3) is 0 Å². The van der Waals surface area contributed by atoms with E-state index in [2.05, 4.69) is 10.3 Å². The zero-order valence-corrected chi connectivity index (χ0v) is 15.5. The van der Waals surface area contributed by atoms with Gasteiger partial charge in [-0.05, 0) is 43.2 Å². The van der Waals surface area contributed by atoms with E-state index in [1.807, 2.05) is 56.3 Å². The molecule has 27 heavy (non-hydrogen) atoms. The van der Waals surface area contributed by atoms with Crippen molar-refractivity contribution in [2.75, 3.05) is 18.9 Å². The van der Waals surface area contributed by atoms with Crippen molar-refractivity contribution in [2.24, 2.45) is 0 Å². The van der Waals surface area contributed by atoms with Crippen molar-refractivity contribution >= 4 is 34.7 Å². The lowest BCUT2D eigenvalue weighted by Crippen LogP contribution is -2.34. The monoisotopic (exact) mass is 363 g/mol. The fourth-order valence-corrected chi connectivity index (χ4v) is 2.60. The largest absolute Gasteiger partial charge is 0.437 e. The van der Waals surface area contributed by atoms with Gasteiger partial charge in [0.2, 0.25) is 17.7 Å². The van der Waals surface area contributed by atoms with Crippen LogP contribution >= 0.6 is 0 Å². The number of carbonyl (C=O) groups excluding carboxylic acids is 2. The first-order chi connectivity index (χ1) is 12.9. The molecule has 1 heterocycles. The number of aryl methyl sites for hydroxylation is 1. The number of benzene rings is 2. The molecule has 0 radical (unpaired) electrons. The first kappa shape index (κ1) is 18.4. The van der Waals surface area contributed by atoms with Gasteiger partial charge in [-0.3, -0.25) is 9.59 Å². The SMILES string of the molecule is Cc1cccc(NC(=O)CN(C)C(=O)/C=C/c2nc3ccccc3o2)c1C. The van der Waals surface area contributed by atoms with E-state index in [-0.39, 0.29) is 18.4 Å². The van der Waals surface area contributed by atoms with E-state index < -0.39 is 0 Å². The Morgan fingerprint density at radius 1 is 1.15 bits per heavy atom. The smallest absolute Gasteiger partial charge is 0.246 e. The van der Waals surface area contributed by atoms with Crippen molar-refractivity contribution in [3.8, 4) is 0 Å². The van der Waals surface area contributed by atoms with E-state index in [0.29, 0.717) is 11.5 Å². The summed E-state index contributed by atoms with van der Waals surface area (Å²) < 4.78 is 5.53. The molecule has 6 heteroatoms. The summed E-state index contributed by atoms with van der Waals surface area (Å²) in [4.78, 5) is 30.1. The fourth-order valence-electron chi connectivity index (χ4n) is 2.60. The normalized spacial score (nSPS) is 11.1.